The molecule has 1 saturated heterocycles. The van der Waals surface area contributed by atoms with Crippen LogP contribution < -0.4 is 0 Å². The van der Waals surface area contributed by atoms with Gasteiger partial charge in [0.05, 0.1) is 6.04 Å². The number of fused-ring (bicyclic) bond motifs is 1. The zero-order valence-corrected chi connectivity index (χ0v) is 14.1. The Bertz CT molecular complexity index is 853. The Morgan fingerprint density at radius 1 is 1.08 bits per heavy atom. The molecule has 1 fully saturated rings. The molecule has 2 heterocycles. The van der Waals surface area contributed by atoms with Crippen molar-refractivity contribution in [3.05, 3.63) is 70.9 Å². The number of aromatic nitrogens is 1. The van der Waals surface area contributed by atoms with Gasteiger partial charge >= 0.3 is 0 Å². The number of nitrogens with one attached hydrogen (secondary N) is 1. The topological polar surface area (TPSA) is 36.1 Å². The quantitative estimate of drug-likeness (QED) is 0.686. The lowest BCUT2D eigenvalue weighted by molar-refractivity contribution is 0.0607. The van der Waals surface area contributed by atoms with Gasteiger partial charge in [0.15, 0.2) is 0 Å². The molecule has 0 bridgehead atoms. The van der Waals surface area contributed by atoms with Gasteiger partial charge in [-0.25, -0.2) is 0 Å². The van der Waals surface area contributed by atoms with Crippen LogP contribution in [0.4, 0.5) is 0 Å². The van der Waals surface area contributed by atoms with Crippen molar-refractivity contribution in [3.8, 4) is 0 Å². The summed E-state index contributed by atoms with van der Waals surface area (Å²) >= 11 is 6.06. The third-order valence-electron chi connectivity index (χ3n) is 4.75. The Balaban J connectivity index is 1.69. The number of piperidine rings is 1. The van der Waals surface area contributed by atoms with Gasteiger partial charge in [0.25, 0.3) is 5.91 Å². The molecule has 3 nitrogen and oxygen atoms in total. The molecule has 3 aromatic rings. The van der Waals surface area contributed by atoms with Gasteiger partial charge in [0, 0.05) is 28.3 Å². The van der Waals surface area contributed by atoms with E-state index in [4.69, 9.17) is 11.6 Å². The van der Waals surface area contributed by atoms with Gasteiger partial charge in [-0.05, 0) is 55.0 Å². The molecule has 24 heavy (non-hydrogen) atoms. The van der Waals surface area contributed by atoms with Crippen LogP contribution in [-0.4, -0.2) is 22.3 Å². The molecule has 4 heteroatoms. The summed E-state index contributed by atoms with van der Waals surface area (Å²) in [6.45, 7) is 0.783. The van der Waals surface area contributed by atoms with Crippen LogP contribution in [0.2, 0.25) is 5.02 Å². The van der Waals surface area contributed by atoms with E-state index in [-0.39, 0.29) is 11.9 Å². The standard InChI is InChI=1S/C20H19ClN2O/c21-16-8-5-7-15(12-16)20(24)23-11-4-3-10-19(23)18-13-14-6-1-2-9-17(14)22-18/h1-2,5-9,12-13,19,22H,3-4,10-11H2. The number of aromatic amines is 1. The monoisotopic (exact) mass is 338 g/mol. The van der Waals surface area contributed by atoms with Crippen molar-refractivity contribution in [2.75, 3.05) is 6.54 Å². The summed E-state index contributed by atoms with van der Waals surface area (Å²) in [7, 11) is 0. The maximum atomic E-state index is 13.0. The predicted molar refractivity (Wildman–Crippen MR) is 97.4 cm³/mol. The van der Waals surface area contributed by atoms with Crippen LogP contribution in [-0.2, 0) is 0 Å². The second-order valence-corrected chi connectivity index (χ2v) is 6.77. The molecule has 1 aliphatic rings. The van der Waals surface area contributed by atoms with Crippen LogP contribution in [0.15, 0.2) is 54.6 Å². The Morgan fingerprint density at radius 3 is 2.79 bits per heavy atom. The van der Waals surface area contributed by atoms with Crippen molar-refractivity contribution in [2.45, 2.75) is 25.3 Å². The molecule has 4 rings (SSSR count). The molecule has 1 N–H and O–H groups in total. The highest BCUT2D eigenvalue weighted by Gasteiger charge is 2.29. The van der Waals surface area contributed by atoms with E-state index in [1.165, 1.54) is 5.39 Å². The summed E-state index contributed by atoms with van der Waals surface area (Å²) in [5.41, 5.74) is 2.89. The molecule has 0 aliphatic carbocycles. The summed E-state index contributed by atoms with van der Waals surface area (Å²) in [4.78, 5) is 18.5. The van der Waals surface area contributed by atoms with Crippen molar-refractivity contribution in [3.63, 3.8) is 0 Å². The van der Waals surface area contributed by atoms with Crippen LogP contribution in [0.1, 0.15) is 41.4 Å². The molecule has 0 spiro atoms. The maximum absolute atomic E-state index is 13.0. The summed E-state index contributed by atoms with van der Waals surface area (Å²) in [5.74, 6) is 0.0563. The van der Waals surface area contributed by atoms with Crippen molar-refractivity contribution in [1.82, 2.24) is 9.88 Å². The van der Waals surface area contributed by atoms with Crippen LogP contribution >= 0.6 is 11.6 Å². The molecule has 1 aliphatic heterocycles. The van der Waals surface area contributed by atoms with E-state index in [2.05, 4.69) is 23.2 Å². The zero-order chi connectivity index (χ0) is 16.5. The van der Waals surface area contributed by atoms with Gasteiger partial charge < -0.3 is 9.88 Å². The molecule has 0 saturated carbocycles. The van der Waals surface area contributed by atoms with E-state index < -0.39 is 0 Å². The zero-order valence-electron chi connectivity index (χ0n) is 13.3. The molecular weight excluding hydrogens is 320 g/mol. The maximum Gasteiger partial charge on any atom is 0.254 e. The van der Waals surface area contributed by atoms with E-state index in [1.807, 2.05) is 29.2 Å². The Kier molecular flexibility index (Phi) is 4.03. The highest BCUT2D eigenvalue weighted by atomic mass is 35.5. The molecular formula is C20H19ClN2O. The first-order chi connectivity index (χ1) is 11.7. The fourth-order valence-electron chi connectivity index (χ4n) is 3.56. The van der Waals surface area contributed by atoms with Crippen molar-refractivity contribution in [2.24, 2.45) is 0 Å². The molecule has 2 aromatic carbocycles. The lowest BCUT2D eigenvalue weighted by Crippen LogP contribution is -2.38. The Hall–Kier alpha value is -2.26. The van der Waals surface area contributed by atoms with Crippen molar-refractivity contribution < 1.29 is 4.79 Å². The average Bonchev–Trinajstić information content (AvgIpc) is 3.05. The summed E-state index contributed by atoms with van der Waals surface area (Å²) in [6, 6.07) is 17.7. The smallest absolute Gasteiger partial charge is 0.254 e. The number of benzene rings is 2. The molecule has 122 valence electrons. The van der Waals surface area contributed by atoms with Crippen LogP contribution in [0, 0.1) is 0 Å². The van der Waals surface area contributed by atoms with Gasteiger partial charge in [-0.3, -0.25) is 4.79 Å². The minimum Gasteiger partial charge on any atom is -0.357 e. The van der Waals surface area contributed by atoms with E-state index in [1.54, 1.807) is 12.1 Å². The van der Waals surface area contributed by atoms with Crippen molar-refractivity contribution >= 4 is 28.4 Å². The van der Waals surface area contributed by atoms with E-state index in [0.29, 0.717) is 10.6 Å². The average molecular weight is 339 g/mol. The molecule has 0 radical (unpaired) electrons. The lowest BCUT2D eigenvalue weighted by Gasteiger charge is -2.35. The van der Waals surface area contributed by atoms with Gasteiger partial charge in [0.2, 0.25) is 0 Å². The number of para-hydroxylation sites is 1. The van der Waals surface area contributed by atoms with Crippen molar-refractivity contribution in [1.29, 1.82) is 0 Å². The number of likely N-dealkylation sites (tertiary alicyclic amines) is 1. The minimum absolute atomic E-state index is 0.0563. The molecule has 1 aromatic heterocycles. The number of halogens is 1. The van der Waals surface area contributed by atoms with Crippen LogP contribution in [0.25, 0.3) is 10.9 Å². The predicted octanol–water partition coefficient (Wildman–Crippen LogP) is 5.19. The van der Waals surface area contributed by atoms with Gasteiger partial charge in [-0.15, -0.1) is 0 Å². The van der Waals surface area contributed by atoms with E-state index >= 15 is 0 Å². The SMILES string of the molecule is O=C(c1cccc(Cl)c1)N1CCCCC1c1cc2ccccc2[nH]1. The summed E-state index contributed by atoms with van der Waals surface area (Å²) in [6.07, 6.45) is 3.17. The first kappa shape index (κ1) is 15.3. The number of hydrogen-bond donors (Lipinski definition) is 1. The first-order valence-electron chi connectivity index (χ1n) is 8.36. The summed E-state index contributed by atoms with van der Waals surface area (Å²) in [5, 5.41) is 1.79. The Morgan fingerprint density at radius 2 is 1.96 bits per heavy atom. The second kappa shape index (κ2) is 6.33. The fourth-order valence-corrected chi connectivity index (χ4v) is 3.75. The third kappa shape index (κ3) is 2.80. The van der Waals surface area contributed by atoms with Gasteiger partial charge in [0.1, 0.15) is 0 Å². The Labute approximate surface area is 146 Å². The minimum atomic E-state index is 0.0563. The van der Waals surface area contributed by atoms with E-state index in [0.717, 1.165) is 37.0 Å². The van der Waals surface area contributed by atoms with Gasteiger partial charge in [-0.1, -0.05) is 35.9 Å². The fraction of sp³-hybridized carbons (Fsp3) is 0.250. The number of carbonyl (C=O) groups excluding carboxylic acids is 1. The molecule has 1 atom stereocenters. The largest absolute Gasteiger partial charge is 0.357 e. The second-order valence-electron chi connectivity index (χ2n) is 6.33. The molecule has 1 unspecified atom stereocenters. The van der Waals surface area contributed by atoms with Crippen LogP contribution in [0.3, 0.4) is 0 Å². The highest BCUT2D eigenvalue weighted by Crippen LogP contribution is 2.33. The number of amides is 1. The number of carbonyl (C=O) groups is 1. The lowest BCUT2D eigenvalue weighted by atomic mass is 9.98. The third-order valence-corrected chi connectivity index (χ3v) is 4.98. The first-order valence-corrected chi connectivity index (χ1v) is 8.74. The number of rotatable bonds is 2. The van der Waals surface area contributed by atoms with Gasteiger partial charge in [-0.2, -0.15) is 0 Å². The number of hydrogen-bond acceptors (Lipinski definition) is 1. The normalized spacial score (nSPS) is 18.0. The van der Waals surface area contributed by atoms with E-state index in [9.17, 15) is 4.79 Å². The number of H-pyrrole nitrogens is 1. The summed E-state index contributed by atoms with van der Waals surface area (Å²) < 4.78 is 0. The number of nitrogens with zero attached hydrogens (tertiary/aromatic N) is 1. The highest BCUT2D eigenvalue weighted by molar-refractivity contribution is 6.30. The van der Waals surface area contributed by atoms with Crippen LogP contribution in [0.5, 0.6) is 0 Å². The molecule has 1 amide bonds.